The van der Waals surface area contributed by atoms with Gasteiger partial charge in [0.2, 0.25) is 0 Å². The van der Waals surface area contributed by atoms with Gasteiger partial charge in [-0.3, -0.25) is 0 Å². The predicted molar refractivity (Wildman–Crippen MR) is 93.9 cm³/mol. The smallest absolute Gasteiger partial charge is 0.379 e. The molecule has 0 aromatic heterocycles. The molecule has 2 aromatic rings. The third-order valence-corrected chi connectivity index (χ3v) is 6.11. The maximum atomic E-state index is 12.9. The number of hydrogen-bond acceptors (Lipinski definition) is 2. The largest absolute Gasteiger partial charge is 0.416 e. The van der Waals surface area contributed by atoms with Crippen LogP contribution in [0.2, 0.25) is 0 Å². The van der Waals surface area contributed by atoms with Crippen molar-refractivity contribution in [2.75, 3.05) is 0 Å². The number of rotatable bonds is 3. The van der Waals surface area contributed by atoms with Gasteiger partial charge in [-0.1, -0.05) is 24.3 Å². The van der Waals surface area contributed by atoms with Crippen LogP contribution >= 0.6 is 0 Å². The first-order chi connectivity index (χ1) is 13.5. The maximum Gasteiger partial charge on any atom is 0.416 e. The Morgan fingerprint density at radius 3 is 1.41 bits per heavy atom. The second-order valence-electron chi connectivity index (χ2n) is 7.83. The number of hydrogen-bond donors (Lipinski definition) is 2. The second-order valence-corrected chi connectivity index (χ2v) is 7.83. The van der Waals surface area contributed by atoms with Crippen molar-refractivity contribution in [2.24, 2.45) is 5.92 Å². The van der Waals surface area contributed by atoms with Crippen LogP contribution in [0.5, 0.6) is 0 Å². The lowest BCUT2D eigenvalue weighted by Gasteiger charge is -2.40. The van der Waals surface area contributed by atoms with Gasteiger partial charge in [0, 0.05) is 12.1 Å². The van der Waals surface area contributed by atoms with Gasteiger partial charge in [-0.05, 0) is 60.6 Å². The molecule has 4 rings (SSSR count). The van der Waals surface area contributed by atoms with Gasteiger partial charge in [-0.15, -0.1) is 0 Å². The molecule has 1 saturated carbocycles. The van der Waals surface area contributed by atoms with E-state index < -0.39 is 35.1 Å². The number of alkyl halides is 6. The SMILES string of the molecule is OC(c1ccc(C(F)(F)F)cc1)(c1ccc(C(F)(F)F)cc1)[C@@H]1N[C@H]2CC[C@@H]1C2. The van der Waals surface area contributed by atoms with Crippen LogP contribution in [-0.4, -0.2) is 17.2 Å². The van der Waals surface area contributed by atoms with E-state index in [-0.39, 0.29) is 23.1 Å². The van der Waals surface area contributed by atoms with E-state index in [2.05, 4.69) is 5.32 Å². The minimum absolute atomic E-state index is 0.0922. The van der Waals surface area contributed by atoms with Crippen molar-refractivity contribution in [3.8, 4) is 0 Å². The van der Waals surface area contributed by atoms with Crippen molar-refractivity contribution in [3.05, 3.63) is 70.8 Å². The zero-order valence-corrected chi connectivity index (χ0v) is 15.2. The summed E-state index contributed by atoms with van der Waals surface area (Å²) >= 11 is 0. The van der Waals surface area contributed by atoms with Gasteiger partial charge in [0.05, 0.1) is 11.1 Å². The Hall–Kier alpha value is -2.06. The molecular formula is C21H19F6NO. The van der Waals surface area contributed by atoms with Gasteiger partial charge in [-0.2, -0.15) is 26.3 Å². The van der Waals surface area contributed by atoms with Gasteiger partial charge in [-0.25, -0.2) is 0 Å². The van der Waals surface area contributed by atoms with Crippen LogP contribution in [0.1, 0.15) is 41.5 Å². The van der Waals surface area contributed by atoms with Gasteiger partial charge in [0.25, 0.3) is 0 Å². The highest BCUT2D eigenvalue weighted by atomic mass is 19.4. The van der Waals surface area contributed by atoms with Crippen LogP contribution in [-0.2, 0) is 18.0 Å². The first-order valence-electron chi connectivity index (χ1n) is 9.33. The summed E-state index contributed by atoms with van der Waals surface area (Å²) in [7, 11) is 0. The van der Waals surface area contributed by atoms with E-state index in [9.17, 15) is 31.4 Å². The molecule has 2 nitrogen and oxygen atoms in total. The Morgan fingerprint density at radius 1 is 0.690 bits per heavy atom. The van der Waals surface area contributed by atoms with Gasteiger partial charge in [0.1, 0.15) is 5.60 Å². The summed E-state index contributed by atoms with van der Waals surface area (Å²) in [6.45, 7) is 0. The highest BCUT2D eigenvalue weighted by Crippen LogP contribution is 2.46. The summed E-state index contributed by atoms with van der Waals surface area (Å²) in [4.78, 5) is 0. The summed E-state index contributed by atoms with van der Waals surface area (Å²) in [5.74, 6) is 0.0922. The maximum absolute atomic E-state index is 12.9. The van der Waals surface area contributed by atoms with Crippen molar-refractivity contribution < 1.29 is 31.4 Å². The topological polar surface area (TPSA) is 32.3 Å². The highest BCUT2D eigenvalue weighted by molar-refractivity contribution is 5.42. The van der Waals surface area contributed by atoms with Gasteiger partial charge < -0.3 is 10.4 Å². The number of fused-ring (bicyclic) bond motifs is 2. The Morgan fingerprint density at radius 2 is 1.10 bits per heavy atom. The molecule has 29 heavy (non-hydrogen) atoms. The van der Waals surface area contributed by atoms with E-state index in [0.717, 1.165) is 43.5 Å². The molecule has 2 fully saturated rings. The zero-order chi connectivity index (χ0) is 21.0. The molecule has 0 radical (unpaired) electrons. The van der Waals surface area contributed by atoms with E-state index in [4.69, 9.17) is 0 Å². The van der Waals surface area contributed by atoms with E-state index in [0.29, 0.717) is 0 Å². The molecule has 0 amide bonds. The van der Waals surface area contributed by atoms with E-state index in [1.165, 1.54) is 24.3 Å². The van der Waals surface area contributed by atoms with E-state index in [1.54, 1.807) is 0 Å². The third-order valence-electron chi connectivity index (χ3n) is 6.11. The fourth-order valence-corrected chi connectivity index (χ4v) is 4.67. The van der Waals surface area contributed by atoms with Crippen LogP contribution in [0.3, 0.4) is 0 Å². The molecule has 1 aliphatic heterocycles. The Labute approximate surface area is 163 Å². The van der Waals surface area contributed by atoms with Crippen molar-refractivity contribution in [2.45, 2.75) is 49.3 Å². The first kappa shape index (κ1) is 20.2. The van der Waals surface area contributed by atoms with Crippen molar-refractivity contribution in [3.63, 3.8) is 0 Å². The van der Waals surface area contributed by atoms with Crippen LogP contribution in [0, 0.1) is 5.92 Å². The zero-order valence-electron chi connectivity index (χ0n) is 15.2. The van der Waals surface area contributed by atoms with Crippen LogP contribution < -0.4 is 5.32 Å². The lowest BCUT2D eigenvalue weighted by Crippen LogP contribution is -2.52. The Kier molecular flexibility index (Phi) is 4.70. The highest BCUT2D eigenvalue weighted by Gasteiger charge is 2.51. The Balaban J connectivity index is 1.78. The monoisotopic (exact) mass is 415 g/mol. The Bertz CT molecular complexity index is 815. The van der Waals surface area contributed by atoms with E-state index in [1.807, 2.05) is 0 Å². The average molecular weight is 415 g/mol. The van der Waals surface area contributed by atoms with Gasteiger partial charge >= 0.3 is 12.4 Å². The second kappa shape index (κ2) is 6.74. The lowest BCUT2D eigenvalue weighted by atomic mass is 9.75. The molecule has 8 heteroatoms. The fourth-order valence-electron chi connectivity index (χ4n) is 4.67. The van der Waals surface area contributed by atoms with E-state index >= 15 is 0 Å². The van der Waals surface area contributed by atoms with Crippen LogP contribution in [0.15, 0.2) is 48.5 Å². The van der Waals surface area contributed by atoms with Crippen molar-refractivity contribution in [1.29, 1.82) is 0 Å². The molecule has 1 aliphatic carbocycles. The molecule has 1 saturated heterocycles. The molecular weight excluding hydrogens is 396 g/mol. The number of benzene rings is 2. The minimum atomic E-state index is -4.52. The molecule has 0 spiro atoms. The van der Waals surface area contributed by atoms with Gasteiger partial charge in [0.15, 0.2) is 0 Å². The molecule has 2 aliphatic rings. The summed E-state index contributed by atoms with van der Waals surface area (Å²) in [5, 5.41) is 15.1. The normalized spacial score (nSPS) is 24.9. The number of nitrogens with one attached hydrogen (secondary N) is 1. The number of aliphatic hydroxyl groups is 1. The summed E-state index contributed by atoms with van der Waals surface area (Å²) in [5.41, 5.74) is -3.01. The molecule has 3 atom stereocenters. The quantitative estimate of drug-likeness (QED) is 0.684. The van der Waals surface area contributed by atoms with Crippen molar-refractivity contribution in [1.82, 2.24) is 5.32 Å². The molecule has 2 bridgehead atoms. The molecule has 156 valence electrons. The van der Waals surface area contributed by atoms with Crippen molar-refractivity contribution >= 4 is 0 Å². The summed E-state index contributed by atoms with van der Waals surface area (Å²) in [6, 6.07) is 8.06. The van der Waals surface area contributed by atoms with Crippen LogP contribution in [0.25, 0.3) is 0 Å². The summed E-state index contributed by atoms with van der Waals surface area (Å²) < 4.78 is 77.6. The first-order valence-corrected chi connectivity index (χ1v) is 9.33. The van der Waals surface area contributed by atoms with Crippen LogP contribution in [0.4, 0.5) is 26.3 Å². The third kappa shape index (κ3) is 3.53. The summed E-state index contributed by atoms with van der Waals surface area (Å²) in [6.07, 6.45) is -6.41. The average Bonchev–Trinajstić information content (AvgIpc) is 3.30. The molecule has 1 heterocycles. The lowest BCUT2D eigenvalue weighted by molar-refractivity contribution is -0.138. The molecule has 2 N–H and O–H groups in total. The minimum Gasteiger partial charge on any atom is -0.379 e. The standard InChI is InChI=1S/C21H19F6NO/c22-20(23,24)15-6-2-13(3-7-15)19(29,18-12-1-10-17(11-12)28-18)14-4-8-16(9-5-14)21(25,26)27/h2-9,12,17-18,28-29H,1,10-11H2/t12-,17+,18-/m1/s1. The number of halogens is 6. The predicted octanol–water partition coefficient (Wildman–Crippen LogP) is 5.10. The molecule has 0 unspecified atom stereocenters. The number of piperidine rings is 1. The fraction of sp³-hybridized carbons (Fsp3) is 0.429. The molecule has 2 aromatic carbocycles.